The fourth-order valence-electron chi connectivity index (χ4n) is 2.13. The molecule has 0 aliphatic rings. The summed E-state index contributed by atoms with van der Waals surface area (Å²) in [6.45, 7) is 1.63. The van der Waals surface area contributed by atoms with Gasteiger partial charge in [0.15, 0.2) is 0 Å². The smallest absolute Gasteiger partial charge is 0.293 e. The van der Waals surface area contributed by atoms with Crippen molar-refractivity contribution in [2.75, 3.05) is 5.32 Å². The number of nitro benzene ring substituents is 1. The first-order valence-corrected chi connectivity index (χ1v) is 6.84. The Morgan fingerprint density at radius 2 is 1.64 bits per heavy atom. The summed E-state index contributed by atoms with van der Waals surface area (Å²) >= 11 is 0. The molecule has 0 spiro atoms. The van der Waals surface area contributed by atoms with Crippen LogP contribution in [0.2, 0.25) is 0 Å². The molecule has 2 aromatic carbocycles. The summed E-state index contributed by atoms with van der Waals surface area (Å²) in [5.41, 5.74) is -1.42. The van der Waals surface area contributed by atoms with Crippen LogP contribution in [-0.2, 0) is 0 Å². The van der Waals surface area contributed by atoms with Gasteiger partial charge in [-0.1, -0.05) is 12.1 Å². The number of nitro groups is 1. The number of rotatable bonds is 5. The number of nitrogens with one attached hydrogen (secondary N) is 1. The second-order valence-electron chi connectivity index (χ2n) is 5.07. The first-order valence-electron chi connectivity index (χ1n) is 6.84. The molecule has 0 heterocycles. The van der Waals surface area contributed by atoms with Gasteiger partial charge in [-0.05, 0) is 36.2 Å². The van der Waals surface area contributed by atoms with E-state index in [1.54, 1.807) is 6.92 Å². The van der Waals surface area contributed by atoms with E-state index in [0.29, 0.717) is 5.56 Å². The first kappa shape index (κ1) is 17.6. The molecule has 0 aliphatic heterocycles. The molecule has 25 heavy (non-hydrogen) atoms. The van der Waals surface area contributed by atoms with E-state index in [0.717, 1.165) is 18.2 Å². The van der Waals surface area contributed by atoms with E-state index < -0.39 is 39.5 Å². The minimum Gasteiger partial charge on any atom is -0.545 e. The maximum atomic E-state index is 12.3. The average Bonchev–Trinajstić information content (AvgIpc) is 2.55. The summed E-state index contributed by atoms with van der Waals surface area (Å²) in [5, 5.41) is 35.3. The molecule has 0 aliphatic carbocycles. The SMILES string of the molecule is Cc1ccc(NC(=O)c2ccc(C(=O)[O-])cc2C(=O)[O-])c([N+](=O)[O-])c1. The van der Waals surface area contributed by atoms with Gasteiger partial charge in [0.2, 0.25) is 0 Å². The summed E-state index contributed by atoms with van der Waals surface area (Å²) in [7, 11) is 0. The zero-order valence-electron chi connectivity index (χ0n) is 12.8. The van der Waals surface area contributed by atoms with E-state index in [9.17, 15) is 34.7 Å². The summed E-state index contributed by atoms with van der Waals surface area (Å²) in [6, 6.07) is 6.75. The summed E-state index contributed by atoms with van der Waals surface area (Å²) in [5.74, 6) is -4.36. The Balaban J connectivity index is 2.44. The van der Waals surface area contributed by atoms with Crippen LogP contribution in [0.1, 0.15) is 36.6 Å². The van der Waals surface area contributed by atoms with E-state index in [1.807, 2.05) is 0 Å². The molecule has 1 amide bonds. The second kappa shape index (κ2) is 6.79. The molecule has 0 aromatic heterocycles. The number of aryl methyl sites for hydroxylation is 1. The molecule has 9 nitrogen and oxygen atoms in total. The topological polar surface area (TPSA) is 153 Å². The third kappa shape index (κ3) is 3.78. The molecule has 1 N–H and O–H groups in total. The summed E-state index contributed by atoms with van der Waals surface area (Å²) in [4.78, 5) is 44.6. The van der Waals surface area contributed by atoms with Crippen molar-refractivity contribution in [2.45, 2.75) is 6.92 Å². The molecule has 2 aromatic rings. The molecule has 0 saturated carbocycles. The van der Waals surface area contributed by atoms with Crippen LogP contribution in [0.25, 0.3) is 0 Å². The van der Waals surface area contributed by atoms with Gasteiger partial charge in [0.05, 0.1) is 16.9 Å². The number of anilines is 1. The number of nitrogens with zero attached hydrogens (tertiary/aromatic N) is 1. The maximum Gasteiger partial charge on any atom is 0.293 e. The Morgan fingerprint density at radius 3 is 2.20 bits per heavy atom. The highest BCUT2D eigenvalue weighted by Crippen LogP contribution is 2.26. The molecule has 0 saturated heterocycles. The quantitative estimate of drug-likeness (QED) is 0.587. The maximum absolute atomic E-state index is 12.3. The lowest BCUT2D eigenvalue weighted by Crippen LogP contribution is -2.28. The van der Waals surface area contributed by atoms with Gasteiger partial charge in [0.25, 0.3) is 11.6 Å². The number of amides is 1. The van der Waals surface area contributed by atoms with Gasteiger partial charge >= 0.3 is 0 Å². The average molecular weight is 342 g/mol. The van der Waals surface area contributed by atoms with Crippen LogP contribution in [0, 0.1) is 17.0 Å². The molecule has 0 unspecified atom stereocenters. The lowest BCUT2D eigenvalue weighted by molar-refractivity contribution is -0.384. The normalized spacial score (nSPS) is 10.1. The van der Waals surface area contributed by atoms with Crippen LogP contribution in [0.5, 0.6) is 0 Å². The Bertz CT molecular complexity index is 905. The summed E-state index contributed by atoms with van der Waals surface area (Å²) in [6.07, 6.45) is 0. The lowest BCUT2D eigenvalue weighted by atomic mass is 10.0. The van der Waals surface area contributed by atoms with Crippen molar-refractivity contribution >= 4 is 29.2 Å². The van der Waals surface area contributed by atoms with Crippen LogP contribution in [0.15, 0.2) is 36.4 Å². The molecule has 2 rings (SSSR count). The van der Waals surface area contributed by atoms with Crippen molar-refractivity contribution in [3.8, 4) is 0 Å². The molecule has 0 fully saturated rings. The van der Waals surface area contributed by atoms with Crippen LogP contribution in [-0.4, -0.2) is 22.8 Å². The van der Waals surface area contributed by atoms with Crippen molar-refractivity contribution in [2.24, 2.45) is 0 Å². The van der Waals surface area contributed by atoms with Gasteiger partial charge in [-0.15, -0.1) is 0 Å². The third-order valence-corrected chi connectivity index (χ3v) is 3.32. The summed E-state index contributed by atoms with van der Waals surface area (Å²) < 4.78 is 0. The molecule has 0 bridgehead atoms. The Kier molecular flexibility index (Phi) is 4.78. The number of carbonyl (C=O) groups is 3. The van der Waals surface area contributed by atoms with Crippen molar-refractivity contribution in [3.63, 3.8) is 0 Å². The Labute approximate surface area is 140 Å². The highest BCUT2D eigenvalue weighted by Gasteiger charge is 2.19. The number of hydrogen-bond donors (Lipinski definition) is 1. The van der Waals surface area contributed by atoms with Crippen LogP contribution < -0.4 is 15.5 Å². The Hall–Kier alpha value is -3.75. The highest BCUT2D eigenvalue weighted by atomic mass is 16.6. The fourth-order valence-corrected chi connectivity index (χ4v) is 2.13. The highest BCUT2D eigenvalue weighted by molar-refractivity contribution is 6.11. The number of aromatic carboxylic acids is 2. The van der Waals surface area contributed by atoms with E-state index >= 15 is 0 Å². The van der Waals surface area contributed by atoms with Crippen molar-refractivity contribution in [3.05, 3.63) is 68.8 Å². The van der Waals surface area contributed by atoms with Crippen LogP contribution in [0.4, 0.5) is 11.4 Å². The number of benzene rings is 2. The van der Waals surface area contributed by atoms with Crippen molar-refractivity contribution < 1.29 is 29.5 Å². The van der Waals surface area contributed by atoms with E-state index in [4.69, 9.17) is 0 Å². The largest absolute Gasteiger partial charge is 0.545 e. The van der Waals surface area contributed by atoms with E-state index in [2.05, 4.69) is 5.32 Å². The van der Waals surface area contributed by atoms with Gasteiger partial charge in [0, 0.05) is 17.2 Å². The second-order valence-corrected chi connectivity index (χ2v) is 5.07. The molecular formula is C16H10N2O7-2. The standard InChI is InChI=1S/C16H12N2O7/c1-8-2-5-12(13(6-8)18(24)25)17-14(19)10-4-3-9(15(20)21)7-11(10)16(22)23/h2-7H,1H3,(H,17,19)(H,20,21)(H,22,23)/p-2. The predicted octanol–water partition coefficient (Wildman–Crippen LogP) is -0.117. The zero-order chi connectivity index (χ0) is 18.7. The molecule has 128 valence electrons. The number of hydrogen-bond acceptors (Lipinski definition) is 7. The molecular weight excluding hydrogens is 332 g/mol. The van der Waals surface area contributed by atoms with Crippen LogP contribution >= 0.6 is 0 Å². The van der Waals surface area contributed by atoms with Gasteiger partial charge < -0.3 is 25.1 Å². The van der Waals surface area contributed by atoms with Crippen molar-refractivity contribution in [1.29, 1.82) is 0 Å². The third-order valence-electron chi connectivity index (χ3n) is 3.32. The number of carboxylic acids is 2. The zero-order valence-corrected chi connectivity index (χ0v) is 12.8. The lowest BCUT2D eigenvalue weighted by Gasteiger charge is -2.13. The number of carbonyl (C=O) groups excluding carboxylic acids is 3. The minimum atomic E-state index is -1.77. The van der Waals surface area contributed by atoms with Gasteiger partial charge in [-0.3, -0.25) is 14.9 Å². The predicted molar refractivity (Wildman–Crippen MR) is 80.9 cm³/mol. The molecule has 0 radical (unpaired) electrons. The Morgan fingerprint density at radius 1 is 0.960 bits per heavy atom. The number of carboxylic acid groups (broad SMARTS) is 2. The molecule has 9 heteroatoms. The first-order chi connectivity index (χ1) is 11.7. The minimum absolute atomic E-state index is 0.131. The fraction of sp³-hybridized carbons (Fsp3) is 0.0625. The van der Waals surface area contributed by atoms with Gasteiger partial charge in [0.1, 0.15) is 5.69 Å². The van der Waals surface area contributed by atoms with E-state index in [-0.39, 0.29) is 11.4 Å². The van der Waals surface area contributed by atoms with Gasteiger partial charge in [-0.2, -0.15) is 0 Å². The monoisotopic (exact) mass is 342 g/mol. The van der Waals surface area contributed by atoms with Gasteiger partial charge in [-0.25, -0.2) is 0 Å². The molecule has 0 atom stereocenters. The van der Waals surface area contributed by atoms with E-state index in [1.165, 1.54) is 18.2 Å². The van der Waals surface area contributed by atoms with Crippen molar-refractivity contribution in [1.82, 2.24) is 0 Å². The van der Waals surface area contributed by atoms with Crippen LogP contribution in [0.3, 0.4) is 0 Å².